The first-order valence-corrected chi connectivity index (χ1v) is 4.99. The van der Waals surface area contributed by atoms with Crippen molar-refractivity contribution in [1.29, 1.82) is 0 Å². The Labute approximate surface area is 92.8 Å². The Morgan fingerprint density at radius 1 is 1.14 bits per heavy atom. The zero-order valence-corrected chi connectivity index (χ0v) is 8.98. The zero-order valence-electron chi connectivity index (χ0n) is 7.27. The first-order valence-electron chi connectivity index (χ1n) is 4.14. The van der Waals surface area contributed by atoms with Gasteiger partial charge in [0.25, 0.3) is 0 Å². The summed E-state index contributed by atoms with van der Waals surface area (Å²) in [4.78, 5) is 0. The van der Waals surface area contributed by atoms with Gasteiger partial charge in [-0.05, 0) is 16.8 Å². The Hall–Kier alpha value is -1.06. The fourth-order valence-corrected chi connectivity index (χ4v) is 1.93. The monoisotopic (exact) mass is 220 g/mol. The van der Waals surface area contributed by atoms with Gasteiger partial charge in [0.15, 0.2) is 0 Å². The maximum absolute atomic E-state index is 9.64. The smallest absolute Gasteiger partial charge is 0.125 e. The third kappa shape index (κ3) is 1.49. The van der Waals surface area contributed by atoms with Crippen molar-refractivity contribution in [3.8, 4) is 5.75 Å². The standard InChI is InChI=1S/C11H8OS2/c12-9-6-5-7-3-1-2-4-8(7)10(9)11(13)14/h1-6,12H,(H,13,14). The fraction of sp³-hybridized carbons (Fsp3) is 0. The molecule has 0 saturated heterocycles. The molecular formula is C11H8OS2. The Bertz CT molecular complexity index is 506. The topological polar surface area (TPSA) is 20.2 Å². The molecule has 0 spiro atoms. The van der Waals surface area contributed by atoms with E-state index in [0.29, 0.717) is 9.76 Å². The van der Waals surface area contributed by atoms with E-state index in [0.717, 1.165) is 10.8 Å². The molecule has 2 rings (SSSR count). The van der Waals surface area contributed by atoms with Crippen LogP contribution < -0.4 is 0 Å². The number of thiol groups is 1. The molecule has 70 valence electrons. The number of hydrogen-bond acceptors (Lipinski definition) is 2. The number of phenolic OH excluding ortho intramolecular Hbond substituents is 1. The molecule has 0 aromatic heterocycles. The number of benzene rings is 2. The molecule has 2 aromatic carbocycles. The number of fused-ring (bicyclic) bond motifs is 1. The quantitative estimate of drug-likeness (QED) is 0.568. The Kier molecular flexibility index (Phi) is 2.44. The summed E-state index contributed by atoms with van der Waals surface area (Å²) in [5.74, 6) is 0.184. The number of thiocarbonyl (C=S) groups is 1. The average Bonchev–Trinajstić information content (AvgIpc) is 2.17. The van der Waals surface area contributed by atoms with Crippen molar-refractivity contribution in [2.24, 2.45) is 0 Å². The van der Waals surface area contributed by atoms with Gasteiger partial charge >= 0.3 is 0 Å². The number of phenols is 1. The van der Waals surface area contributed by atoms with Crippen LogP contribution in [0.5, 0.6) is 5.75 Å². The molecule has 0 saturated carbocycles. The van der Waals surface area contributed by atoms with Gasteiger partial charge in [0.05, 0.1) is 4.20 Å². The van der Waals surface area contributed by atoms with Crippen LogP contribution in [0.3, 0.4) is 0 Å². The van der Waals surface area contributed by atoms with Gasteiger partial charge < -0.3 is 5.11 Å². The van der Waals surface area contributed by atoms with Crippen molar-refractivity contribution in [1.82, 2.24) is 0 Å². The first kappa shape index (κ1) is 9.49. The highest BCUT2D eigenvalue weighted by atomic mass is 32.1. The van der Waals surface area contributed by atoms with Crippen molar-refractivity contribution in [2.45, 2.75) is 0 Å². The summed E-state index contributed by atoms with van der Waals surface area (Å²) < 4.78 is 0.416. The number of hydrogen-bond donors (Lipinski definition) is 2. The molecule has 0 heterocycles. The summed E-state index contributed by atoms with van der Waals surface area (Å²) in [7, 11) is 0. The Morgan fingerprint density at radius 3 is 2.57 bits per heavy atom. The molecule has 2 aromatic rings. The van der Waals surface area contributed by atoms with Gasteiger partial charge in [0.2, 0.25) is 0 Å². The van der Waals surface area contributed by atoms with E-state index in [1.165, 1.54) is 0 Å². The highest BCUT2D eigenvalue weighted by Gasteiger charge is 2.08. The molecule has 0 radical (unpaired) electrons. The average molecular weight is 220 g/mol. The van der Waals surface area contributed by atoms with Gasteiger partial charge in [-0.25, -0.2) is 0 Å². The minimum atomic E-state index is 0.184. The van der Waals surface area contributed by atoms with Crippen LogP contribution in [-0.4, -0.2) is 9.30 Å². The fourth-order valence-electron chi connectivity index (χ4n) is 1.48. The molecule has 1 N–H and O–H groups in total. The Morgan fingerprint density at radius 2 is 1.86 bits per heavy atom. The minimum Gasteiger partial charge on any atom is -0.507 e. The van der Waals surface area contributed by atoms with Crippen molar-refractivity contribution < 1.29 is 5.11 Å². The molecule has 0 atom stereocenters. The second-order valence-electron chi connectivity index (χ2n) is 2.99. The summed E-state index contributed by atoms with van der Waals surface area (Å²) >= 11 is 9.09. The Balaban J connectivity index is 2.90. The van der Waals surface area contributed by atoms with E-state index in [1.807, 2.05) is 30.3 Å². The van der Waals surface area contributed by atoms with Gasteiger partial charge in [-0.15, -0.1) is 12.6 Å². The van der Waals surface area contributed by atoms with Gasteiger partial charge in [-0.1, -0.05) is 42.5 Å². The predicted molar refractivity (Wildman–Crippen MR) is 66.3 cm³/mol. The lowest BCUT2D eigenvalue weighted by Crippen LogP contribution is -1.90. The molecular weight excluding hydrogens is 212 g/mol. The number of rotatable bonds is 1. The maximum atomic E-state index is 9.64. The third-order valence-corrected chi connectivity index (χ3v) is 2.55. The van der Waals surface area contributed by atoms with Crippen LogP contribution in [0.15, 0.2) is 36.4 Å². The molecule has 0 unspecified atom stereocenters. The summed E-state index contributed by atoms with van der Waals surface area (Å²) in [6.45, 7) is 0. The molecule has 0 bridgehead atoms. The van der Waals surface area contributed by atoms with E-state index in [2.05, 4.69) is 12.6 Å². The van der Waals surface area contributed by atoms with E-state index in [-0.39, 0.29) is 5.75 Å². The maximum Gasteiger partial charge on any atom is 0.125 e. The normalized spacial score (nSPS) is 10.4. The molecule has 14 heavy (non-hydrogen) atoms. The molecule has 0 fully saturated rings. The van der Waals surface area contributed by atoms with E-state index >= 15 is 0 Å². The van der Waals surface area contributed by atoms with Gasteiger partial charge in [0.1, 0.15) is 5.75 Å². The van der Waals surface area contributed by atoms with Crippen molar-refractivity contribution >= 4 is 39.8 Å². The molecule has 3 heteroatoms. The molecule has 0 aliphatic rings. The highest BCUT2D eigenvalue weighted by Crippen LogP contribution is 2.28. The minimum absolute atomic E-state index is 0.184. The molecule has 0 aliphatic carbocycles. The van der Waals surface area contributed by atoms with E-state index in [1.54, 1.807) is 6.07 Å². The lowest BCUT2D eigenvalue weighted by atomic mass is 10.0. The summed E-state index contributed by atoms with van der Waals surface area (Å²) in [5.41, 5.74) is 0.640. The highest BCUT2D eigenvalue weighted by molar-refractivity contribution is 8.11. The van der Waals surface area contributed by atoms with Gasteiger partial charge in [-0.3, -0.25) is 0 Å². The van der Waals surface area contributed by atoms with Crippen LogP contribution in [0.25, 0.3) is 10.8 Å². The van der Waals surface area contributed by atoms with Gasteiger partial charge in [-0.2, -0.15) is 0 Å². The second kappa shape index (κ2) is 3.59. The summed E-state index contributed by atoms with van der Waals surface area (Å²) in [6, 6.07) is 11.3. The molecule has 1 nitrogen and oxygen atoms in total. The van der Waals surface area contributed by atoms with Crippen LogP contribution in [0.4, 0.5) is 0 Å². The predicted octanol–water partition coefficient (Wildman–Crippen LogP) is 3.15. The van der Waals surface area contributed by atoms with Crippen molar-refractivity contribution in [3.63, 3.8) is 0 Å². The first-order chi connectivity index (χ1) is 6.70. The summed E-state index contributed by atoms with van der Waals surface area (Å²) in [5, 5.41) is 11.6. The number of aromatic hydroxyl groups is 1. The molecule has 0 amide bonds. The SMILES string of the molecule is Oc1ccc2ccccc2c1C(=S)S. The van der Waals surface area contributed by atoms with Crippen LogP contribution >= 0.6 is 24.8 Å². The van der Waals surface area contributed by atoms with Gasteiger partial charge in [0, 0.05) is 5.56 Å². The van der Waals surface area contributed by atoms with E-state index in [4.69, 9.17) is 12.2 Å². The van der Waals surface area contributed by atoms with Crippen molar-refractivity contribution in [2.75, 3.05) is 0 Å². The second-order valence-corrected chi connectivity index (χ2v) is 4.14. The van der Waals surface area contributed by atoms with Crippen molar-refractivity contribution in [3.05, 3.63) is 42.0 Å². The van der Waals surface area contributed by atoms with Crippen LogP contribution in [0, 0.1) is 0 Å². The summed E-state index contributed by atoms with van der Waals surface area (Å²) in [6.07, 6.45) is 0. The zero-order chi connectivity index (χ0) is 10.1. The lowest BCUT2D eigenvalue weighted by molar-refractivity contribution is 0.475. The lowest BCUT2D eigenvalue weighted by Gasteiger charge is -2.06. The third-order valence-electron chi connectivity index (χ3n) is 2.12. The molecule has 0 aliphatic heterocycles. The van der Waals surface area contributed by atoms with Crippen LogP contribution in [0.2, 0.25) is 0 Å². The van der Waals surface area contributed by atoms with E-state index in [9.17, 15) is 5.11 Å². The van der Waals surface area contributed by atoms with Crippen LogP contribution in [0.1, 0.15) is 5.56 Å². The largest absolute Gasteiger partial charge is 0.507 e. The van der Waals surface area contributed by atoms with Crippen LogP contribution in [-0.2, 0) is 0 Å². The van der Waals surface area contributed by atoms with E-state index < -0.39 is 0 Å².